The fraction of sp³-hybridized carbons (Fsp3) is 0.615. The van der Waals surface area contributed by atoms with Crippen LogP contribution in [0.2, 0.25) is 0 Å². The summed E-state index contributed by atoms with van der Waals surface area (Å²) in [5.41, 5.74) is 2.69. The Labute approximate surface area is 93.1 Å². The van der Waals surface area contributed by atoms with Crippen LogP contribution in [-0.4, -0.2) is 17.6 Å². The molecule has 0 bridgehead atoms. The predicted molar refractivity (Wildman–Crippen MR) is 65.1 cm³/mol. The van der Waals surface area contributed by atoms with E-state index in [1.165, 1.54) is 17.5 Å². The van der Waals surface area contributed by atoms with Gasteiger partial charge in [0.05, 0.1) is 0 Å². The summed E-state index contributed by atoms with van der Waals surface area (Å²) in [6.45, 7) is 9.94. The van der Waals surface area contributed by atoms with Crippen molar-refractivity contribution in [2.45, 2.75) is 46.1 Å². The largest absolute Gasteiger partial charge is 0.314 e. The quantitative estimate of drug-likeness (QED) is 0.801. The van der Waals surface area contributed by atoms with Crippen LogP contribution in [0.5, 0.6) is 0 Å². The molecule has 1 heterocycles. The van der Waals surface area contributed by atoms with E-state index in [4.69, 9.17) is 0 Å². The molecule has 2 nitrogen and oxygen atoms in total. The predicted octanol–water partition coefficient (Wildman–Crippen LogP) is 2.88. The van der Waals surface area contributed by atoms with Gasteiger partial charge in [-0.2, -0.15) is 0 Å². The maximum absolute atomic E-state index is 4.13. The molecular formula is C13H22N2. The molecule has 0 aliphatic carbocycles. The molecule has 0 fully saturated rings. The molecule has 0 amide bonds. The first kappa shape index (κ1) is 12.2. The molecule has 0 aliphatic heterocycles. The van der Waals surface area contributed by atoms with Gasteiger partial charge in [-0.1, -0.05) is 13.8 Å². The Morgan fingerprint density at radius 3 is 2.73 bits per heavy atom. The molecule has 1 N–H and O–H groups in total. The highest BCUT2D eigenvalue weighted by Gasteiger charge is 2.14. The smallest absolute Gasteiger partial charge is 0.0299 e. The topological polar surface area (TPSA) is 24.9 Å². The van der Waals surface area contributed by atoms with Crippen LogP contribution >= 0.6 is 0 Å². The zero-order chi connectivity index (χ0) is 11.3. The van der Waals surface area contributed by atoms with Crippen molar-refractivity contribution in [2.24, 2.45) is 0 Å². The SMILES string of the molecule is CCCNC(C)C(C)c1ccncc1C. The van der Waals surface area contributed by atoms with E-state index in [1.807, 2.05) is 12.4 Å². The van der Waals surface area contributed by atoms with E-state index in [-0.39, 0.29) is 0 Å². The second-order valence-corrected chi connectivity index (χ2v) is 4.26. The van der Waals surface area contributed by atoms with Gasteiger partial charge in [0.25, 0.3) is 0 Å². The minimum Gasteiger partial charge on any atom is -0.314 e. The molecule has 2 atom stereocenters. The number of aromatic nitrogens is 1. The molecule has 0 saturated heterocycles. The van der Waals surface area contributed by atoms with Crippen molar-refractivity contribution in [3.8, 4) is 0 Å². The summed E-state index contributed by atoms with van der Waals surface area (Å²) in [6.07, 6.45) is 5.01. The fourth-order valence-corrected chi connectivity index (χ4v) is 1.81. The monoisotopic (exact) mass is 206 g/mol. The van der Waals surface area contributed by atoms with E-state index in [1.54, 1.807) is 0 Å². The Balaban J connectivity index is 2.67. The van der Waals surface area contributed by atoms with Crippen molar-refractivity contribution >= 4 is 0 Å². The number of aryl methyl sites for hydroxylation is 1. The Morgan fingerprint density at radius 2 is 2.13 bits per heavy atom. The first-order chi connectivity index (χ1) is 7.16. The van der Waals surface area contributed by atoms with Crippen LogP contribution in [0.15, 0.2) is 18.5 Å². The minimum atomic E-state index is 0.519. The number of hydrogen-bond donors (Lipinski definition) is 1. The highest BCUT2D eigenvalue weighted by atomic mass is 14.9. The number of nitrogens with one attached hydrogen (secondary N) is 1. The minimum absolute atomic E-state index is 0.519. The van der Waals surface area contributed by atoms with Crippen molar-refractivity contribution in [3.05, 3.63) is 29.6 Å². The van der Waals surface area contributed by atoms with E-state index in [0.29, 0.717) is 12.0 Å². The summed E-state index contributed by atoms with van der Waals surface area (Å²) >= 11 is 0. The third-order valence-corrected chi connectivity index (χ3v) is 3.02. The molecule has 1 aromatic rings. The van der Waals surface area contributed by atoms with Gasteiger partial charge >= 0.3 is 0 Å². The van der Waals surface area contributed by atoms with Gasteiger partial charge in [-0.05, 0) is 49.9 Å². The second-order valence-electron chi connectivity index (χ2n) is 4.26. The summed E-state index contributed by atoms with van der Waals surface area (Å²) in [7, 11) is 0. The van der Waals surface area contributed by atoms with Gasteiger partial charge in [0.15, 0.2) is 0 Å². The number of hydrogen-bond acceptors (Lipinski definition) is 2. The lowest BCUT2D eigenvalue weighted by molar-refractivity contribution is 0.480. The molecular weight excluding hydrogens is 184 g/mol. The molecule has 0 saturated carbocycles. The maximum Gasteiger partial charge on any atom is 0.0299 e. The lowest BCUT2D eigenvalue weighted by Gasteiger charge is -2.22. The normalized spacial score (nSPS) is 14.9. The highest BCUT2D eigenvalue weighted by molar-refractivity contribution is 5.26. The maximum atomic E-state index is 4.13. The summed E-state index contributed by atoms with van der Waals surface area (Å²) in [5, 5.41) is 3.54. The van der Waals surface area contributed by atoms with Crippen molar-refractivity contribution in [1.29, 1.82) is 0 Å². The van der Waals surface area contributed by atoms with Crippen LogP contribution < -0.4 is 5.32 Å². The average Bonchev–Trinajstić information content (AvgIpc) is 2.25. The number of nitrogens with zero attached hydrogens (tertiary/aromatic N) is 1. The molecule has 0 radical (unpaired) electrons. The van der Waals surface area contributed by atoms with Crippen LogP contribution in [0.25, 0.3) is 0 Å². The molecule has 1 aromatic heterocycles. The molecule has 2 unspecified atom stereocenters. The van der Waals surface area contributed by atoms with Crippen LogP contribution in [-0.2, 0) is 0 Å². The Bertz CT molecular complexity index is 296. The molecule has 0 aliphatic rings. The lowest BCUT2D eigenvalue weighted by atomic mass is 9.92. The van der Waals surface area contributed by atoms with Crippen molar-refractivity contribution in [1.82, 2.24) is 10.3 Å². The van der Waals surface area contributed by atoms with Crippen LogP contribution in [0.3, 0.4) is 0 Å². The Morgan fingerprint density at radius 1 is 1.40 bits per heavy atom. The van der Waals surface area contributed by atoms with Crippen LogP contribution in [0.1, 0.15) is 44.2 Å². The van der Waals surface area contributed by atoms with Gasteiger partial charge in [-0.25, -0.2) is 0 Å². The number of pyridine rings is 1. The molecule has 84 valence electrons. The Hall–Kier alpha value is -0.890. The summed E-state index contributed by atoms with van der Waals surface area (Å²) in [5.74, 6) is 0.541. The van der Waals surface area contributed by atoms with Crippen molar-refractivity contribution in [2.75, 3.05) is 6.54 Å². The second kappa shape index (κ2) is 5.86. The molecule has 2 heteroatoms. The fourth-order valence-electron chi connectivity index (χ4n) is 1.81. The summed E-state index contributed by atoms with van der Waals surface area (Å²) < 4.78 is 0. The standard InChI is InChI=1S/C13H22N2/c1-5-7-15-12(4)11(3)13-6-8-14-9-10(13)2/h6,8-9,11-12,15H,5,7H2,1-4H3. The van der Waals surface area contributed by atoms with E-state index >= 15 is 0 Å². The molecule has 1 rings (SSSR count). The van der Waals surface area contributed by atoms with Gasteiger partial charge < -0.3 is 5.32 Å². The molecule has 0 aromatic carbocycles. The Kier molecular flexibility index (Phi) is 4.76. The molecule has 0 spiro atoms. The first-order valence-electron chi connectivity index (χ1n) is 5.80. The third-order valence-electron chi connectivity index (χ3n) is 3.02. The van der Waals surface area contributed by atoms with E-state index < -0.39 is 0 Å². The van der Waals surface area contributed by atoms with Gasteiger partial charge in [-0.15, -0.1) is 0 Å². The van der Waals surface area contributed by atoms with Gasteiger partial charge in [-0.3, -0.25) is 4.98 Å². The van der Waals surface area contributed by atoms with Crippen LogP contribution in [0.4, 0.5) is 0 Å². The first-order valence-corrected chi connectivity index (χ1v) is 5.80. The van der Waals surface area contributed by atoms with Gasteiger partial charge in [0, 0.05) is 18.4 Å². The lowest BCUT2D eigenvalue weighted by Crippen LogP contribution is -2.31. The van der Waals surface area contributed by atoms with Crippen LogP contribution in [0, 0.1) is 6.92 Å². The summed E-state index contributed by atoms with van der Waals surface area (Å²) in [4.78, 5) is 4.13. The zero-order valence-corrected chi connectivity index (χ0v) is 10.2. The van der Waals surface area contributed by atoms with Gasteiger partial charge in [0.2, 0.25) is 0 Å². The van der Waals surface area contributed by atoms with Crippen molar-refractivity contribution in [3.63, 3.8) is 0 Å². The average molecular weight is 206 g/mol. The highest BCUT2D eigenvalue weighted by Crippen LogP contribution is 2.21. The summed E-state index contributed by atoms with van der Waals surface area (Å²) in [6, 6.07) is 2.65. The third kappa shape index (κ3) is 3.31. The van der Waals surface area contributed by atoms with Crippen molar-refractivity contribution < 1.29 is 0 Å². The number of rotatable bonds is 5. The van der Waals surface area contributed by atoms with Gasteiger partial charge in [0.1, 0.15) is 0 Å². The molecule has 15 heavy (non-hydrogen) atoms. The van der Waals surface area contributed by atoms with E-state index in [9.17, 15) is 0 Å². The van der Waals surface area contributed by atoms with E-state index in [0.717, 1.165) is 6.54 Å². The zero-order valence-electron chi connectivity index (χ0n) is 10.2. The van der Waals surface area contributed by atoms with E-state index in [2.05, 4.69) is 44.1 Å².